The normalized spacial score (nSPS) is 13.9. The van der Waals surface area contributed by atoms with Crippen LogP contribution in [0.2, 0.25) is 0 Å². The second kappa shape index (κ2) is 73.2. The molecule has 0 spiro atoms. The number of aliphatic hydroxyl groups is 1. The molecule has 9 heteroatoms. The Morgan fingerprint density at radius 1 is 0.380 bits per heavy atom. The largest absolute Gasteiger partial charge is 0.756 e. The number of allylic oxidation sites excluding steroid dienone is 11. The lowest BCUT2D eigenvalue weighted by molar-refractivity contribution is -0.870. The van der Waals surface area contributed by atoms with Gasteiger partial charge in [-0.15, -0.1) is 0 Å². The van der Waals surface area contributed by atoms with Gasteiger partial charge in [-0.3, -0.25) is 9.36 Å². The van der Waals surface area contributed by atoms with Gasteiger partial charge < -0.3 is 28.8 Å². The van der Waals surface area contributed by atoms with Crippen LogP contribution in [-0.2, 0) is 18.4 Å². The summed E-state index contributed by atoms with van der Waals surface area (Å²) in [5.41, 5.74) is 0. The Morgan fingerprint density at radius 2 is 0.641 bits per heavy atom. The van der Waals surface area contributed by atoms with Crippen molar-refractivity contribution < 1.29 is 32.9 Å². The molecular formula is C83H157N2O6P. The maximum atomic E-state index is 13.1. The van der Waals surface area contributed by atoms with Gasteiger partial charge in [0.15, 0.2) is 0 Å². The van der Waals surface area contributed by atoms with E-state index in [2.05, 4.69) is 79.9 Å². The predicted molar refractivity (Wildman–Crippen MR) is 404 cm³/mol. The lowest BCUT2D eigenvalue weighted by Crippen LogP contribution is -2.45. The minimum atomic E-state index is -4.62. The molecule has 1 amide bonds. The number of nitrogens with zero attached hydrogens (tertiary/aromatic N) is 1. The van der Waals surface area contributed by atoms with Gasteiger partial charge in [-0.1, -0.05) is 382 Å². The van der Waals surface area contributed by atoms with Crippen molar-refractivity contribution in [2.75, 3.05) is 40.9 Å². The van der Waals surface area contributed by atoms with Crippen molar-refractivity contribution in [2.24, 2.45) is 0 Å². The second-order valence-electron chi connectivity index (χ2n) is 28.8. The number of hydrogen-bond acceptors (Lipinski definition) is 6. The molecule has 0 radical (unpaired) electrons. The van der Waals surface area contributed by atoms with E-state index in [0.717, 1.165) is 57.8 Å². The number of carbonyl (C=O) groups excluding carboxylic acids is 1. The summed E-state index contributed by atoms with van der Waals surface area (Å²) in [6.07, 6.45) is 104. The van der Waals surface area contributed by atoms with Crippen LogP contribution in [0.15, 0.2) is 72.9 Å². The first-order valence-electron chi connectivity index (χ1n) is 40.3. The third-order valence-corrected chi connectivity index (χ3v) is 19.3. The van der Waals surface area contributed by atoms with E-state index in [1.54, 1.807) is 6.08 Å². The molecule has 0 aliphatic rings. The monoisotopic (exact) mass is 1310 g/mol. The predicted octanol–water partition coefficient (Wildman–Crippen LogP) is 25.8. The Kier molecular flexibility index (Phi) is 71.6. The van der Waals surface area contributed by atoms with E-state index >= 15 is 0 Å². The number of phosphoric acid groups is 1. The summed E-state index contributed by atoms with van der Waals surface area (Å²) in [5, 5.41) is 14.0. The van der Waals surface area contributed by atoms with Gasteiger partial charge in [0.05, 0.1) is 39.9 Å². The molecule has 3 atom stereocenters. The number of carbonyl (C=O) groups is 1. The number of hydrogen-bond donors (Lipinski definition) is 2. The molecule has 0 aromatic carbocycles. The standard InChI is InChI=1S/C83H157N2O6P/c1-6-8-10-12-14-16-18-20-22-24-26-28-30-32-34-36-38-39-40-41-42-43-44-45-47-49-51-53-55-57-59-61-63-65-67-69-71-73-75-77-83(87)84-81(80-91-92(88,89)90-79-78-85(3,4)5)82(86)76-74-72-70-68-66-64-62-60-58-56-54-52-50-48-46-37-35-33-31-29-27-25-23-21-19-17-15-13-11-9-7-2/h18,20,24,26,30,32,58,60,66,68,74,76,81-82,86H,6-17,19,21-23,25,27-29,31,33-57,59,61-65,67,69-73,75,77-80H2,1-5H3,(H-,84,87,88,89)/b20-18-,26-24-,32-30-,60-58+,68-66+,76-74+. The Hall–Kier alpha value is -2.06. The van der Waals surface area contributed by atoms with Crippen LogP contribution in [0, 0.1) is 0 Å². The van der Waals surface area contributed by atoms with Gasteiger partial charge in [0.2, 0.25) is 5.91 Å². The Bertz CT molecular complexity index is 1730. The minimum Gasteiger partial charge on any atom is -0.756 e. The van der Waals surface area contributed by atoms with Gasteiger partial charge >= 0.3 is 0 Å². The maximum Gasteiger partial charge on any atom is 0.268 e. The van der Waals surface area contributed by atoms with Gasteiger partial charge in [0.25, 0.3) is 7.82 Å². The third kappa shape index (κ3) is 75.3. The number of likely N-dealkylation sites (N-methyl/N-ethyl adjacent to an activating group) is 1. The van der Waals surface area contributed by atoms with Crippen LogP contribution in [-0.4, -0.2) is 68.5 Å². The summed E-state index contributed by atoms with van der Waals surface area (Å²) in [6.45, 7) is 4.66. The molecule has 0 aromatic heterocycles. The molecule has 0 aliphatic heterocycles. The van der Waals surface area contributed by atoms with Crippen LogP contribution in [0.3, 0.4) is 0 Å². The highest BCUT2D eigenvalue weighted by Crippen LogP contribution is 2.38. The average Bonchev–Trinajstić information content (AvgIpc) is 2.63. The summed E-state index contributed by atoms with van der Waals surface area (Å²) in [6, 6.07) is -0.913. The van der Waals surface area contributed by atoms with Crippen LogP contribution >= 0.6 is 7.82 Å². The van der Waals surface area contributed by atoms with Crippen molar-refractivity contribution in [3.05, 3.63) is 72.9 Å². The lowest BCUT2D eigenvalue weighted by Gasteiger charge is -2.29. The molecular weight excluding hydrogens is 1150 g/mol. The fraction of sp³-hybridized carbons (Fsp3) is 0.843. The van der Waals surface area contributed by atoms with Gasteiger partial charge in [-0.2, -0.15) is 0 Å². The topological polar surface area (TPSA) is 108 Å². The quantitative estimate of drug-likeness (QED) is 0.0272. The van der Waals surface area contributed by atoms with E-state index in [0.29, 0.717) is 17.4 Å². The van der Waals surface area contributed by atoms with E-state index in [9.17, 15) is 19.4 Å². The molecule has 8 nitrogen and oxygen atoms in total. The molecule has 0 saturated heterocycles. The number of aliphatic hydroxyl groups excluding tert-OH is 1. The number of quaternary nitrogens is 1. The van der Waals surface area contributed by atoms with Gasteiger partial charge in [0, 0.05) is 6.42 Å². The molecule has 0 fully saturated rings. The molecule has 3 unspecified atom stereocenters. The Morgan fingerprint density at radius 3 is 0.957 bits per heavy atom. The van der Waals surface area contributed by atoms with E-state index in [4.69, 9.17) is 9.05 Å². The van der Waals surface area contributed by atoms with E-state index in [1.165, 1.54) is 321 Å². The number of rotatable bonds is 75. The summed E-state index contributed by atoms with van der Waals surface area (Å²) >= 11 is 0. The molecule has 540 valence electrons. The highest BCUT2D eigenvalue weighted by Gasteiger charge is 2.23. The number of phosphoric ester groups is 1. The number of nitrogens with one attached hydrogen (secondary N) is 1. The van der Waals surface area contributed by atoms with Crippen LogP contribution in [0.5, 0.6) is 0 Å². The van der Waals surface area contributed by atoms with Gasteiger partial charge in [-0.05, 0) is 83.5 Å². The van der Waals surface area contributed by atoms with Crippen LogP contribution < -0.4 is 10.2 Å². The first-order valence-corrected chi connectivity index (χ1v) is 41.8. The smallest absolute Gasteiger partial charge is 0.268 e. The highest BCUT2D eigenvalue weighted by atomic mass is 31.2. The van der Waals surface area contributed by atoms with Crippen LogP contribution in [0.4, 0.5) is 0 Å². The number of amides is 1. The Balaban J connectivity index is 4.00. The zero-order chi connectivity index (χ0) is 66.9. The number of unbranched alkanes of at least 4 members (excludes halogenated alkanes) is 52. The van der Waals surface area contributed by atoms with Crippen molar-refractivity contribution in [3.63, 3.8) is 0 Å². The molecule has 0 aliphatic carbocycles. The SMILES string of the molecule is CCCCCCC/C=C\C/C=C\C/C=C\CCCCCCCCCCCCCCCCCCCCCCCCCCC(=O)NC(COP(=O)([O-])OCC[N+](C)(C)C)C(O)/C=C/CC/C=C/CC/C=C/CCCCCCCCCCCCCCCCCCCCCCC. The average molecular weight is 1310 g/mol. The van der Waals surface area contributed by atoms with Crippen molar-refractivity contribution in [3.8, 4) is 0 Å². The Labute approximate surface area is 574 Å². The molecule has 2 N–H and O–H groups in total. The highest BCUT2D eigenvalue weighted by molar-refractivity contribution is 7.45. The first-order chi connectivity index (χ1) is 45.0. The second-order valence-corrected chi connectivity index (χ2v) is 30.2. The molecule has 0 rings (SSSR count). The summed E-state index contributed by atoms with van der Waals surface area (Å²) in [4.78, 5) is 25.7. The van der Waals surface area contributed by atoms with E-state index < -0.39 is 26.6 Å². The van der Waals surface area contributed by atoms with Crippen molar-refractivity contribution in [1.29, 1.82) is 0 Å². The van der Waals surface area contributed by atoms with Gasteiger partial charge in [-0.25, -0.2) is 0 Å². The summed E-state index contributed by atoms with van der Waals surface area (Å²) in [7, 11) is 1.25. The van der Waals surface area contributed by atoms with Gasteiger partial charge in [0.1, 0.15) is 13.2 Å². The van der Waals surface area contributed by atoms with E-state index in [-0.39, 0.29) is 12.5 Å². The fourth-order valence-corrected chi connectivity index (χ4v) is 12.9. The molecule has 0 bridgehead atoms. The summed E-state index contributed by atoms with van der Waals surface area (Å²) in [5.74, 6) is -0.205. The minimum absolute atomic E-state index is 0.00895. The first kappa shape index (κ1) is 89.9. The van der Waals surface area contributed by atoms with Crippen molar-refractivity contribution in [2.45, 2.75) is 411 Å². The molecule has 92 heavy (non-hydrogen) atoms. The zero-order valence-electron chi connectivity index (χ0n) is 62.0. The fourth-order valence-electron chi connectivity index (χ4n) is 12.1. The van der Waals surface area contributed by atoms with Crippen molar-refractivity contribution in [1.82, 2.24) is 5.32 Å². The third-order valence-electron chi connectivity index (χ3n) is 18.4. The van der Waals surface area contributed by atoms with Crippen LogP contribution in [0.1, 0.15) is 399 Å². The molecule has 0 aromatic rings. The zero-order valence-corrected chi connectivity index (χ0v) is 62.9. The van der Waals surface area contributed by atoms with E-state index in [1.807, 2.05) is 27.2 Å². The molecule has 0 heterocycles. The summed E-state index contributed by atoms with van der Waals surface area (Å²) < 4.78 is 23.5. The maximum absolute atomic E-state index is 13.1. The van der Waals surface area contributed by atoms with Crippen molar-refractivity contribution >= 4 is 13.7 Å². The van der Waals surface area contributed by atoms with Crippen LogP contribution in [0.25, 0.3) is 0 Å². The molecule has 0 saturated carbocycles. The lowest BCUT2D eigenvalue weighted by atomic mass is 10.0.